The van der Waals surface area contributed by atoms with E-state index < -0.39 is 6.10 Å². The quantitative estimate of drug-likeness (QED) is 0.525. The maximum absolute atomic E-state index is 10.0. The summed E-state index contributed by atoms with van der Waals surface area (Å²) in [7, 11) is 1.62. The lowest BCUT2D eigenvalue weighted by Crippen LogP contribution is -2.31. The van der Waals surface area contributed by atoms with E-state index in [1.54, 1.807) is 7.11 Å². The summed E-state index contributed by atoms with van der Waals surface area (Å²) in [5.41, 5.74) is 0. The highest BCUT2D eigenvalue weighted by Gasteiger charge is 2.05. The molecule has 2 aromatic carbocycles. The molecule has 0 aliphatic carbocycles. The molecular weight excluding hydrogens is 346 g/mol. The van der Waals surface area contributed by atoms with Gasteiger partial charge in [0, 0.05) is 19.5 Å². The molecule has 2 rings (SSSR count). The number of aliphatic hydroxyl groups excluding tert-OH is 1. The van der Waals surface area contributed by atoms with Gasteiger partial charge in [-0.2, -0.15) is 0 Å². The Morgan fingerprint density at radius 1 is 0.889 bits per heavy atom. The van der Waals surface area contributed by atoms with Crippen LogP contribution < -0.4 is 24.3 Å². The third-order valence-corrected chi connectivity index (χ3v) is 3.84. The molecule has 1 unspecified atom stereocenters. The summed E-state index contributed by atoms with van der Waals surface area (Å²) in [6, 6.07) is 15.0. The second kappa shape index (κ2) is 12.0. The average molecular weight is 375 g/mol. The van der Waals surface area contributed by atoms with Crippen LogP contribution in [0.4, 0.5) is 0 Å². The molecule has 0 bridgehead atoms. The summed E-state index contributed by atoms with van der Waals surface area (Å²) in [5, 5.41) is 13.2. The molecule has 0 saturated carbocycles. The standard InChI is InChI=1S/C21H29NO5/c1-3-25-18-8-10-19(11-9-18)26-14-12-17(23)16-22-13-15-27-21-7-5-4-6-20(21)24-2/h4-11,17,22-23H,3,12-16H2,1-2H3. The summed E-state index contributed by atoms with van der Waals surface area (Å²) < 4.78 is 21.9. The van der Waals surface area contributed by atoms with E-state index >= 15 is 0 Å². The van der Waals surface area contributed by atoms with Crippen molar-refractivity contribution in [2.24, 2.45) is 0 Å². The van der Waals surface area contributed by atoms with Gasteiger partial charge in [-0.15, -0.1) is 0 Å². The number of para-hydroxylation sites is 2. The number of hydrogen-bond donors (Lipinski definition) is 2. The lowest BCUT2D eigenvalue weighted by molar-refractivity contribution is 0.135. The third-order valence-electron chi connectivity index (χ3n) is 3.84. The lowest BCUT2D eigenvalue weighted by atomic mass is 10.2. The Hall–Kier alpha value is -2.44. The first-order chi connectivity index (χ1) is 13.2. The molecular formula is C21H29NO5. The fraction of sp³-hybridized carbons (Fsp3) is 0.429. The smallest absolute Gasteiger partial charge is 0.161 e. The van der Waals surface area contributed by atoms with Gasteiger partial charge in [0.25, 0.3) is 0 Å². The first-order valence-electron chi connectivity index (χ1n) is 9.23. The maximum Gasteiger partial charge on any atom is 0.161 e. The number of rotatable bonds is 13. The predicted octanol–water partition coefficient (Wildman–Crippen LogP) is 2.89. The molecule has 2 aromatic rings. The van der Waals surface area contributed by atoms with Crippen LogP contribution in [0.3, 0.4) is 0 Å². The Morgan fingerprint density at radius 2 is 1.56 bits per heavy atom. The third kappa shape index (κ3) is 7.76. The Bertz CT molecular complexity index is 647. The van der Waals surface area contributed by atoms with Gasteiger partial charge in [0.15, 0.2) is 11.5 Å². The van der Waals surface area contributed by atoms with Crippen molar-refractivity contribution in [2.45, 2.75) is 19.4 Å². The van der Waals surface area contributed by atoms with E-state index in [0.29, 0.717) is 50.8 Å². The maximum atomic E-state index is 10.0. The van der Waals surface area contributed by atoms with Crippen LogP contribution in [0.15, 0.2) is 48.5 Å². The molecule has 0 spiro atoms. The van der Waals surface area contributed by atoms with Crippen molar-refractivity contribution in [3.63, 3.8) is 0 Å². The second-order valence-electron chi connectivity index (χ2n) is 5.90. The van der Waals surface area contributed by atoms with Crippen molar-refractivity contribution in [1.82, 2.24) is 5.32 Å². The monoisotopic (exact) mass is 375 g/mol. The molecule has 0 saturated heterocycles. The predicted molar refractivity (Wildman–Crippen MR) is 105 cm³/mol. The van der Waals surface area contributed by atoms with Gasteiger partial charge in [0.2, 0.25) is 0 Å². The van der Waals surface area contributed by atoms with Gasteiger partial charge < -0.3 is 29.4 Å². The minimum absolute atomic E-state index is 0.453. The number of hydrogen-bond acceptors (Lipinski definition) is 6. The second-order valence-corrected chi connectivity index (χ2v) is 5.90. The molecule has 6 nitrogen and oxygen atoms in total. The number of ether oxygens (including phenoxy) is 4. The first-order valence-corrected chi connectivity index (χ1v) is 9.23. The van der Waals surface area contributed by atoms with Gasteiger partial charge in [0.1, 0.15) is 18.1 Å². The Balaban J connectivity index is 1.55. The van der Waals surface area contributed by atoms with Gasteiger partial charge in [0.05, 0.1) is 26.4 Å². The van der Waals surface area contributed by atoms with Gasteiger partial charge in [-0.05, 0) is 43.3 Å². The topological polar surface area (TPSA) is 69.2 Å². The summed E-state index contributed by atoms with van der Waals surface area (Å²) in [6.07, 6.45) is 0.0760. The molecule has 0 fully saturated rings. The molecule has 148 valence electrons. The summed E-state index contributed by atoms with van der Waals surface area (Å²) in [5.74, 6) is 3.02. The van der Waals surface area contributed by atoms with E-state index in [9.17, 15) is 5.11 Å². The largest absolute Gasteiger partial charge is 0.494 e. The molecule has 2 N–H and O–H groups in total. The minimum Gasteiger partial charge on any atom is -0.494 e. The Labute approximate surface area is 161 Å². The van der Waals surface area contributed by atoms with Crippen molar-refractivity contribution in [1.29, 1.82) is 0 Å². The lowest BCUT2D eigenvalue weighted by Gasteiger charge is -2.14. The van der Waals surface area contributed by atoms with Crippen LogP contribution >= 0.6 is 0 Å². The van der Waals surface area contributed by atoms with E-state index in [2.05, 4.69) is 5.32 Å². The highest BCUT2D eigenvalue weighted by molar-refractivity contribution is 5.39. The molecule has 6 heteroatoms. The average Bonchev–Trinajstić information content (AvgIpc) is 2.69. The highest BCUT2D eigenvalue weighted by Crippen LogP contribution is 2.25. The number of benzene rings is 2. The van der Waals surface area contributed by atoms with E-state index in [4.69, 9.17) is 18.9 Å². The highest BCUT2D eigenvalue weighted by atomic mass is 16.5. The first kappa shape index (κ1) is 20.9. The molecule has 0 radical (unpaired) electrons. The normalized spacial score (nSPS) is 11.7. The SMILES string of the molecule is CCOc1ccc(OCCC(O)CNCCOc2ccccc2OC)cc1. The van der Waals surface area contributed by atoms with Crippen LogP contribution in [0.5, 0.6) is 23.0 Å². The van der Waals surface area contributed by atoms with Crippen LogP contribution in [-0.2, 0) is 0 Å². The fourth-order valence-electron chi connectivity index (χ4n) is 2.45. The summed E-state index contributed by atoms with van der Waals surface area (Å²) in [4.78, 5) is 0. The molecule has 0 amide bonds. The van der Waals surface area contributed by atoms with Gasteiger partial charge in [-0.1, -0.05) is 12.1 Å². The number of methoxy groups -OCH3 is 1. The van der Waals surface area contributed by atoms with Crippen LogP contribution in [0.25, 0.3) is 0 Å². The zero-order valence-corrected chi connectivity index (χ0v) is 16.0. The summed E-state index contributed by atoms with van der Waals surface area (Å²) >= 11 is 0. The molecule has 0 aliphatic heterocycles. The van der Waals surface area contributed by atoms with Crippen molar-refractivity contribution < 1.29 is 24.1 Å². The molecule has 27 heavy (non-hydrogen) atoms. The summed E-state index contributed by atoms with van der Waals surface area (Å²) in [6.45, 7) is 4.66. The van der Waals surface area contributed by atoms with Gasteiger partial charge in [-0.3, -0.25) is 0 Å². The van der Waals surface area contributed by atoms with E-state index in [0.717, 1.165) is 11.5 Å². The van der Waals surface area contributed by atoms with Crippen LogP contribution in [0, 0.1) is 0 Å². The fourth-order valence-corrected chi connectivity index (χ4v) is 2.45. The van der Waals surface area contributed by atoms with Crippen molar-refractivity contribution in [2.75, 3.05) is 40.0 Å². The van der Waals surface area contributed by atoms with Crippen LogP contribution in [0.1, 0.15) is 13.3 Å². The van der Waals surface area contributed by atoms with E-state index in [1.807, 2.05) is 55.5 Å². The van der Waals surface area contributed by atoms with Gasteiger partial charge >= 0.3 is 0 Å². The minimum atomic E-state index is -0.473. The molecule has 0 aromatic heterocycles. The van der Waals surface area contributed by atoms with E-state index in [-0.39, 0.29) is 0 Å². The molecule has 0 aliphatic rings. The molecule has 0 heterocycles. The van der Waals surface area contributed by atoms with Crippen molar-refractivity contribution in [3.05, 3.63) is 48.5 Å². The van der Waals surface area contributed by atoms with Crippen molar-refractivity contribution in [3.8, 4) is 23.0 Å². The number of nitrogens with one attached hydrogen (secondary N) is 1. The van der Waals surface area contributed by atoms with E-state index in [1.165, 1.54) is 0 Å². The Kier molecular flexibility index (Phi) is 9.30. The zero-order valence-electron chi connectivity index (χ0n) is 16.0. The molecule has 1 atom stereocenters. The Morgan fingerprint density at radius 3 is 2.22 bits per heavy atom. The van der Waals surface area contributed by atoms with Crippen molar-refractivity contribution >= 4 is 0 Å². The van der Waals surface area contributed by atoms with Crippen LogP contribution in [-0.4, -0.2) is 51.2 Å². The van der Waals surface area contributed by atoms with Gasteiger partial charge in [-0.25, -0.2) is 0 Å². The van der Waals surface area contributed by atoms with Crippen LogP contribution in [0.2, 0.25) is 0 Å². The zero-order chi connectivity index (χ0) is 19.3. The number of aliphatic hydroxyl groups is 1.